The van der Waals surface area contributed by atoms with Gasteiger partial charge in [0.05, 0.1) is 6.10 Å². The number of hydrogen-bond donors (Lipinski definition) is 1. The molecule has 1 N–H and O–H groups in total. The molecule has 1 saturated carbocycles. The van der Waals surface area contributed by atoms with Crippen LogP contribution in [0.25, 0.3) is 6.08 Å². The van der Waals surface area contributed by atoms with E-state index >= 15 is 0 Å². The Morgan fingerprint density at radius 1 is 1.31 bits per heavy atom. The number of hydrogen-bond acceptors (Lipinski definition) is 1. The predicted molar refractivity (Wildman–Crippen MR) is 54.2 cm³/mol. The number of rotatable bonds is 1. The lowest BCUT2D eigenvalue weighted by Gasteiger charge is -2.33. The van der Waals surface area contributed by atoms with Crippen molar-refractivity contribution in [2.75, 3.05) is 0 Å². The van der Waals surface area contributed by atoms with E-state index in [-0.39, 0.29) is 6.10 Å². The Labute approximate surface area is 78.7 Å². The SMILES string of the molecule is CC1/C(=C/c2ccccc2)CC1O. The molecule has 0 bridgehead atoms. The molecule has 0 aliphatic heterocycles. The molecule has 1 aromatic carbocycles. The zero-order chi connectivity index (χ0) is 9.26. The fraction of sp³-hybridized carbons (Fsp3) is 0.333. The van der Waals surface area contributed by atoms with Crippen LogP contribution in [0.3, 0.4) is 0 Å². The average molecular weight is 174 g/mol. The smallest absolute Gasteiger partial charge is 0.0640 e. The molecule has 1 fully saturated rings. The molecule has 1 aliphatic rings. The van der Waals surface area contributed by atoms with Gasteiger partial charge in [-0.25, -0.2) is 0 Å². The molecule has 1 aromatic rings. The maximum atomic E-state index is 9.32. The molecule has 0 saturated heterocycles. The van der Waals surface area contributed by atoms with Gasteiger partial charge in [0, 0.05) is 5.92 Å². The van der Waals surface area contributed by atoms with Gasteiger partial charge in [0.1, 0.15) is 0 Å². The topological polar surface area (TPSA) is 20.2 Å². The van der Waals surface area contributed by atoms with Gasteiger partial charge in [-0.1, -0.05) is 48.9 Å². The maximum Gasteiger partial charge on any atom is 0.0640 e. The molecular weight excluding hydrogens is 160 g/mol. The van der Waals surface area contributed by atoms with Gasteiger partial charge < -0.3 is 5.11 Å². The second kappa shape index (κ2) is 3.35. The second-order valence-electron chi connectivity index (χ2n) is 3.69. The summed E-state index contributed by atoms with van der Waals surface area (Å²) in [4.78, 5) is 0. The van der Waals surface area contributed by atoms with E-state index in [4.69, 9.17) is 0 Å². The summed E-state index contributed by atoms with van der Waals surface area (Å²) in [6, 6.07) is 10.3. The van der Waals surface area contributed by atoms with E-state index in [1.54, 1.807) is 0 Å². The number of aliphatic hydroxyl groups is 1. The van der Waals surface area contributed by atoms with Gasteiger partial charge in [-0.15, -0.1) is 0 Å². The minimum atomic E-state index is -0.116. The Kier molecular flexibility index (Phi) is 2.19. The fourth-order valence-electron chi connectivity index (χ4n) is 1.64. The first-order chi connectivity index (χ1) is 6.27. The highest BCUT2D eigenvalue weighted by molar-refractivity contribution is 5.55. The lowest BCUT2D eigenvalue weighted by atomic mass is 9.77. The largest absolute Gasteiger partial charge is 0.392 e. The van der Waals surface area contributed by atoms with Crippen molar-refractivity contribution in [2.24, 2.45) is 5.92 Å². The van der Waals surface area contributed by atoms with Crippen LogP contribution >= 0.6 is 0 Å². The van der Waals surface area contributed by atoms with Crippen LogP contribution in [0.15, 0.2) is 35.9 Å². The van der Waals surface area contributed by atoms with Crippen LogP contribution in [0.2, 0.25) is 0 Å². The van der Waals surface area contributed by atoms with E-state index in [2.05, 4.69) is 25.1 Å². The van der Waals surface area contributed by atoms with Crippen molar-refractivity contribution in [2.45, 2.75) is 19.4 Å². The van der Waals surface area contributed by atoms with Gasteiger partial charge in [0.25, 0.3) is 0 Å². The van der Waals surface area contributed by atoms with E-state index in [0.29, 0.717) is 5.92 Å². The molecule has 0 aromatic heterocycles. The highest BCUT2D eigenvalue weighted by atomic mass is 16.3. The van der Waals surface area contributed by atoms with Gasteiger partial charge in [-0.3, -0.25) is 0 Å². The summed E-state index contributed by atoms with van der Waals surface area (Å²) in [6.45, 7) is 2.07. The highest BCUT2D eigenvalue weighted by Gasteiger charge is 2.29. The normalized spacial score (nSPS) is 30.2. The summed E-state index contributed by atoms with van der Waals surface area (Å²) in [5.74, 6) is 0.347. The van der Waals surface area contributed by atoms with Gasteiger partial charge >= 0.3 is 0 Å². The van der Waals surface area contributed by atoms with Crippen molar-refractivity contribution in [1.82, 2.24) is 0 Å². The lowest BCUT2D eigenvalue weighted by molar-refractivity contribution is 0.0851. The molecule has 0 amide bonds. The molecule has 1 heteroatoms. The summed E-state index contributed by atoms with van der Waals surface area (Å²) < 4.78 is 0. The fourth-order valence-corrected chi connectivity index (χ4v) is 1.64. The summed E-state index contributed by atoms with van der Waals surface area (Å²) in [6.07, 6.45) is 2.91. The van der Waals surface area contributed by atoms with Crippen molar-refractivity contribution >= 4 is 6.08 Å². The average Bonchev–Trinajstić information content (AvgIpc) is 2.19. The third kappa shape index (κ3) is 1.65. The molecule has 0 heterocycles. The van der Waals surface area contributed by atoms with Crippen LogP contribution in [0, 0.1) is 5.92 Å². The third-order valence-corrected chi connectivity index (χ3v) is 2.76. The van der Waals surface area contributed by atoms with E-state index in [9.17, 15) is 5.11 Å². The van der Waals surface area contributed by atoms with Crippen LogP contribution < -0.4 is 0 Å². The first-order valence-electron chi connectivity index (χ1n) is 4.71. The third-order valence-electron chi connectivity index (χ3n) is 2.76. The van der Waals surface area contributed by atoms with Crippen LogP contribution in [0.1, 0.15) is 18.9 Å². The highest BCUT2D eigenvalue weighted by Crippen LogP contribution is 2.34. The molecule has 1 aliphatic carbocycles. The summed E-state index contributed by atoms with van der Waals surface area (Å²) >= 11 is 0. The second-order valence-corrected chi connectivity index (χ2v) is 3.69. The van der Waals surface area contributed by atoms with Crippen molar-refractivity contribution in [1.29, 1.82) is 0 Å². The van der Waals surface area contributed by atoms with E-state index in [0.717, 1.165) is 6.42 Å². The Morgan fingerprint density at radius 3 is 2.54 bits per heavy atom. The number of benzene rings is 1. The Balaban J connectivity index is 2.14. The molecule has 0 spiro atoms. The number of aliphatic hydroxyl groups excluding tert-OH is 1. The van der Waals surface area contributed by atoms with Gasteiger partial charge in [0.2, 0.25) is 0 Å². The lowest BCUT2D eigenvalue weighted by Crippen LogP contribution is -2.31. The molecular formula is C12H14O. The monoisotopic (exact) mass is 174 g/mol. The molecule has 0 radical (unpaired) electrons. The van der Waals surface area contributed by atoms with Crippen LogP contribution in [0.4, 0.5) is 0 Å². The van der Waals surface area contributed by atoms with E-state index in [1.165, 1.54) is 11.1 Å². The van der Waals surface area contributed by atoms with Crippen LogP contribution in [-0.4, -0.2) is 11.2 Å². The molecule has 2 atom stereocenters. The first-order valence-corrected chi connectivity index (χ1v) is 4.71. The van der Waals surface area contributed by atoms with Gasteiger partial charge in [-0.2, -0.15) is 0 Å². The van der Waals surface area contributed by atoms with Crippen molar-refractivity contribution in [3.8, 4) is 0 Å². The minimum Gasteiger partial charge on any atom is -0.392 e. The predicted octanol–water partition coefficient (Wildman–Crippen LogP) is 2.47. The standard InChI is InChI=1S/C12H14O/c1-9-11(8-12(9)13)7-10-5-3-2-4-6-10/h2-7,9,12-13H,8H2,1H3/b11-7+. The van der Waals surface area contributed by atoms with Crippen LogP contribution in [0.5, 0.6) is 0 Å². The molecule has 68 valence electrons. The summed E-state index contributed by atoms with van der Waals surface area (Å²) in [5.41, 5.74) is 2.59. The first kappa shape index (κ1) is 8.52. The van der Waals surface area contributed by atoms with Gasteiger partial charge in [-0.05, 0) is 12.0 Å². The quantitative estimate of drug-likeness (QED) is 0.693. The Morgan fingerprint density at radius 2 is 2.00 bits per heavy atom. The zero-order valence-corrected chi connectivity index (χ0v) is 7.77. The van der Waals surface area contributed by atoms with Gasteiger partial charge in [0.15, 0.2) is 0 Å². The molecule has 2 rings (SSSR count). The van der Waals surface area contributed by atoms with Crippen LogP contribution in [-0.2, 0) is 0 Å². The van der Waals surface area contributed by atoms with E-state index < -0.39 is 0 Å². The summed E-state index contributed by atoms with van der Waals surface area (Å²) in [5, 5.41) is 9.32. The van der Waals surface area contributed by atoms with Crippen molar-refractivity contribution in [3.63, 3.8) is 0 Å². The van der Waals surface area contributed by atoms with E-state index in [1.807, 2.05) is 18.2 Å². The maximum absolute atomic E-state index is 9.32. The zero-order valence-electron chi connectivity index (χ0n) is 7.77. The van der Waals surface area contributed by atoms with Crippen molar-refractivity contribution < 1.29 is 5.11 Å². The molecule has 1 nitrogen and oxygen atoms in total. The summed E-state index contributed by atoms with van der Waals surface area (Å²) in [7, 11) is 0. The molecule has 13 heavy (non-hydrogen) atoms. The minimum absolute atomic E-state index is 0.116. The Hall–Kier alpha value is -1.08. The molecule has 2 unspecified atom stereocenters. The van der Waals surface area contributed by atoms with Crippen molar-refractivity contribution in [3.05, 3.63) is 41.5 Å². The Bertz CT molecular complexity index is 313.